The van der Waals surface area contributed by atoms with E-state index in [-0.39, 0.29) is 5.82 Å². The van der Waals surface area contributed by atoms with Crippen LogP contribution in [0.5, 0.6) is 5.75 Å². The van der Waals surface area contributed by atoms with E-state index >= 15 is 0 Å². The second kappa shape index (κ2) is 11.2. The van der Waals surface area contributed by atoms with Crippen molar-refractivity contribution in [3.8, 4) is 5.75 Å². The van der Waals surface area contributed by atoms with Gasteiger partial charge in [-0.2, -0.15) is 11.3 Å². The quantitative estimate of drug-likeness (QED) is 0.502. The number of piperidine rings is 1. The standard InChI is InChI=1S/C22H31FN4OS/c1-3-24-22(25-14-17-5-6-21(28-4-2)20(23)13-17)26-19-7-10-27(11-8-19)15-18-9-12-29-16-18/h5-6,9,12-13,16,19H,3-4,7-8,10-11,14-15H2,1-2H3,(H2,24,25,26). The van der Waals surface area contributed by atoms with Crippen molar-refractivity contribution in [3.63, 3.8) is 0 Å². The minimum atomic E-state index is -0.337. The van der Waals surface area contributed by atoms with Crippen molar-refractivity contribution in [2.45, 2.75) is 45.8 Å². The molecule has 3 rings (SSSR count). The van der Waals surface area contributed by atoms with Crippen molar-refractivity contribution < 1.29 is 9.13 Å². The summed E-state index contributed by atoms with van der Waals surface area (Å²) >= 11 is 1.76. The molecule has 158 valence electrons. The lowest BCUT2D eigenvalue weighted by Gasteiger charge is -2.33. The third kappa shape index (κ3) is 6.72. The Balaban J connectivity index is 1.51. The Morgan fingerprint density at radius 3 is 2.72 bits per heavy atom. The number of thiophene rings is 1. The molecule has 5 nitrogen and oxygen atoms in total. The normalized spacial score (nSPS) is 16.0. The Labute approximate surface area is 177 Å². The van der Waals surface area contributed by atoms with Gasteiger partial charge in [0.15, 0.2) is 17.5 Å². The molecule has 1 aliphatic heterocycles. The van der Waals surface area contributed by atoms with Gasteiger partial charge in [-0.3, -0.25) is 4.90 Å². The van der Waals surface area contributed by atoms with Crippen LogP contribution in [0.1, 0.15) is 37.8 Å². The van der Waals surface area contributed by atoms with Gasteiger partial charge >= 0.3 is 0 Å². The first-order chi connectivity index (χ1) is 14.2. The van der Waals surface area contributed by atoms with Crippen LogP contribution in [0.4, 0.5) is 4.39 Å². The van der Waals surface area contributed by atoms with Gasteiger partial charge in [0, 0.05) is 32.2 Å². The predicted octanol–water partition coefficient (Wildman–Crippen LogP) is 4.01. The van der Waals surface area contributed by atoms with Crippen LogP contribution < -0.4 is 15.4 Å². The fraction of sp³-hybridized carbons (Fsp3) is 0.500. The van der Waals surface area contributed by atoms with Crippen LogP contribution in [0.3, 0.4) is 0 Å². The number of likely N-dealkylation sites (tertiary alicyclic amines) is 1. The van der Waals surface area contributed by atoms with Crippen molar-refractivity contribution in [1.29, 1.82) is 0 Å². The molecule has 29 heavy (non-hydrogen) atoms. The molecule has 0 spiro atoms. The van der Waals surface area contributed by atoms with E-state index in [4.69, 9.17) is 4.74 Å². The SMILES string of the molecule is CCNC(=NCc1ccc(OCC)c(F)c1)NC1CCN(Cc2ccsc2)CC1. The maximum Gasteiger partial charge on any atom is 0.191 e. The minimum absolute atomic E-state index is 0.291. The highest BCUT2D eigenvalue weighted by Crippen LogP contribution is 2.19. The van der Waals surface area contributed by atoms with Crippen molar-refractivity contribution >= 4 is 17.3 Å². The summed E-state index contributed by atoms with van der Waals surface area (Å²) in [6.45, 7) is 8.77. The number of halogens is 1. The number of benzene rings is 1. The average molecular weight is 419 g/mol. The van der Waals surface area contributed by atoms with Crippen molar-refractivity contribution in [2.24, 2.45) is 4.99 Å². The van der Waals surface area contributed by atoms with Gasteiger partial charge in [0.1, 0.15) is 0 Å². The minimum Gasteiger partial charge on any atom is -0.491 e. The number of guanidine groups is 1. The topological polar surface area (TPSA) is 48.9 Å². The first-order valence-electron chi connectivity index (χ1n) is 10.4. The second-order valence-corrected chi connectivity index (χ2v) is 8.00. The number of hydrogen-bond acceptors (Lipinski definition) is 4. The summed E-state index contributed by atoms with van der Waals surface area (Å²) in [6, 6.07) is 7.65. The largest absolute Gasteiger partial charge is 0.491 e. The lowest BCUT2D eigenvalue weighted by atomic mass is 10.0. The van der Waals surface area contributed by atoms with Gasteiger partial charge in [-0.25, -0.2) is 9.38 Å². The Morgan fingerprint density at radius 2 is 2.07 bits per heavy atom. The van der Waals surface area contributed by atoms with Gasteiger partial charge in [0.25, 0.3) is 0 Å². The summed E-state index contributed by atoms with van der Waals surface area (Å²) in [6.07, 6.45) is 2.18. The molecule has 0 atom stereocenters. The first-order valence-corrected chi connectivity index (χ1v) is 11.3. The Bertz CT molecular complexity index is 773. The molecule has 1 saturated heterocycles. The van der Waals surface area contributed by atoms with E-state index in [1.165, 1.54) is 11.6 Å². The highest BCUT2D eigenvalue weighted by molar-refractivity contribution is 7.07. The molecule has 0 amide bonds. The lowest BCUT2D eigenvalue weighted by molar-refractivity contribution is 0.198. The fourth-order valence-electron chi connectivity index (χ4n) is 3.48. The molecular formula is C22H31FN4OS. The summed E-state index contributed by atoms with van der Waals surface area (Å²) in [5.74, 6) is 0.744. The van der Waals surface area contributed by atoms with Gasteiger partial charge in [0.05, 0.1) is 13.2 Å². The van der Waals surface area contributed by atoms with E-state index < -0.39 is 0 Å². The van der Waals surface area contributed by atoms with Crippen molar-refractivity contribution in [2.75, 3.05) is 26.2 Å². The smallest absolute Gasteiger partial charge is 0.191 e. The zero-order valence-corrected chi connectivity index (χ0v) is 18.1. The molecule has 1 aromatic carbocycles. The zero-order valence-electron chi connectivity index (χ0n) is 17.3. The highest BCUT2D eigenvalue weighted by Gasteiger charge is 2.20. The molecule has 0 bridgehead atoms. The van der Waals surface area contributed by atoms with E-state index in [0.29, 0.717) is 24.9 Å². The van der Waals surface area contributed by atoms with Crippen LogP contribution in [0.2, 0.25) is 0 Å². The number of rotatable bonds is 8. The van der Waals surface area contributed by atoms with Crippen LogP contribution in [-0.4, -0.2) is 43.1 Å². The van der Waals surface area contributed by atoms with Crippen LogP contribution in [0.15, 0.2) is 40.0 Å². The van der Waals surface area contributed by atoms with Crippen molar-refractivity contribution in [3.05, 3.63) is 52.0 Å². The van der Waals surface area contributed by atoms with E-state index in [0.717, 1.165) is 50.5 Å². The van der Waals surface area contributed by atoms with E-state index in [1.54, 1.807) is 17.4 Å². The number of hydrogen-bond donors (Lipinski definition) is 2. The van der Waals surface area contributed by atoms with Gasteiger partial charge in [-0.15, -0.1) is 0 Å². The number of nitrogens with zero attached hydrogens (tertiary/aromatic N) is 2. The molecule has 0 unspecified atom stereocenters. The summed E-state index contributed by atoms with van der Waals surface area (Å²) in [7, 11) is 0. The summed E-state index contributed by atoms with van der Waals surface area (Å²) in [4.78, 5) is 7.16. The number of nitrogens with one attached hydrogen (secondary N) is 2. The lowest BCUT2D eigenvalue weighted by Crippen LogP contribution is -2.48. The third-order valence-electron chi connectivity index (χ3n) is 4.97. The van der Waals surface area contributed by atoms with Gasteiger partial charge in [0.2, 0.25) is 0 Å². The van der Waals surface area contributed by atoms with Gasteiger partial charge in [-0.05, 0) is 66.8 Å². The first kappa shape index (κ1) is 21.6. The molecule has 1 aliphatic rings. The summed E-state index contributed by atoms with van der Waals surface area (Å²) in [5, 5.41) is 11.2. The van der Waals surface area contributed by atoms with Gasteiger partial charge < -0.3 is 15.4 Å². The van der Waals surface area contributed by atoms with E-state index in [1.807, 2.05) is 13.0 Å². The van der Waals surface area contributed by atoms with Crippen LogP contribution in [0.25, 0.3) is 0 Å². The Morgan fingerprint density at radius 1 is 1.24 bits per heavy atom. The molecule has 1 fully saturated rings. The molecule has 2 N–H and O–H groups in total. The maximum absolute atomic E-state index is 14.0. The third-order valence-corrected chi connectivity index (χ3v) is 5.71. The molecule has 2 aromatic rings. The van der Waals surface area contributed by atoms with E-state index in [9.17, 15) is 4.39 Å². The zero-order chi connectivity index (χ0) is 20.5. The summed E-state index contributed by atoms with van der Waals surface area (Å²) < 4.78 is 19.3. The molecule has 1 aromatic heterocycles. The van der Waals surface area contributed by atoms with Crippen LogP contribution in [0, 0.1) is 5.82 Å². The molecule has 0 saturated carbocycles. The fourth-order valence-corrected chi connectivity index (χ4v) is 4.14. The van der Waals surface area contributed by atoms with Crippen molar-refractivity contribution in [1.82, 2.24) is 15.5 Å². The van der Waals surface area contributed by atoms with E-state index in [2.05, 4.69) is 44.3 Å². The Kier molecular flexibility index (Phi) is 8.31. The predicted molar refractivity (Wildman–Crippen MR) is 118 cm³/mol. The molecule has 2 heterocycles. The van der Waals surface area contributed by atoms with Gasteiger partial charge in [-0.1, -0.05) is 6.07 Å². The maximum atomic E-state index is 14.0. The second-order valence-electron chi connectivity index (χ2n) is 7.22. The molecule has 0 radical (unpaired) electrons. The van der Waals surface area contributed by atoms with Crippen LogP contribution >= 0.6 is 11.3 Å². The number of ether oxygens (including phenoxy) is 1. The monoisotopic (exact) mass is 418 g/mol. The highest BCUT2D eigenvalue weighted by atomic mass is 32.1. The molecule has 0 aliphatic carbocycles. The summed E-state index contributed by atoms with van der Waals surface area (Å²) in [5.41, 5.74) is 2.23. The molecular weight excluding hydrogens is 387 g/mol. The number of aliphatic imine (C=N–C) groups is 1. The average Bonchev–Trinajstić information content (AvgIpc) is 3.23. The van der Waals surface area contributed by atoms with Crippen LogP contribution in [-0.2, 0) is 13.1 Å². The molecule has 7 heteroatoms. The Hall–Kier alpha value is -2.12.